The van der Waals surface area contributed by atoms with Gasteiger partial charge in [0.25, 0.3) is 0 Å². The van der Waals surface area contributed by atoms with E-state index in [1.165, 1.54) is 0 Å². The van der Waals surface area contributed by atoms with Crippen LogP contribution in [0.3, 0.4) is 0 Å². The van der Waals surface area contributed by atoms with Crippen LogP contribution in [0.2, 0.25) is 0 Å². The number of methoxy groups -OCH3 is 1. The highest BCUT2D eigenvalue weighted by Crippen LogP contribution is 2.25. The fourth-order valence-electron chi connectivity index (χ4n) is 3.02. The van der Waals surface area contributed by atoms with Crippen LogP contribution in [0.25, 0.3) is 0 Å². The van der Waals surface area contributed by atoms with E-state index in [1.54, 1.807) is 47.9 Å². The lowest BCUT2D eigenvalue weighted by Gasteiger charge is -2.33. The van der Waals surface area contributed by atoms with Gasteiger partial charge in [0, 0.05) is 38.1 Å². The first-order chi connectivity index (χ1) is 11.9. The Morgan fingerprint density at radius 1 is 1.20 bits per heavy atom. The third-order valence-electron chi connectivity index (χ3n) is 4.38. The first-order valence-corrected chi connectivity index (χ1v) is 10.5. The molecule has 0 spiro atoms. The summed E-state index contributed by atoms with van der Waals surface area (Å²) in [5, 5.41) is 3.13. The summed E-state index contributed by atoms with van der Waals surface area (Å²) in [6.07, 6.45) is 0. The molecule has 0 amide bonds. The van der Waals surface area contributed by atoms with Gasteiger partial charge in [0.2, 0.25) is 10.0 Å². The first kappa shape index (κ1) is 18.3. The molecule has 136 valence electrons. The molecule has 1 aromatic carbocycles. The smallest absolute Gasteiger partial charge is 0.243 e. The van der Waals surface area contributed by atoms with Crippen molar-refractivity contribution in [3.63, 3.8) is 0 Å². The molecule has 0 radical (unpaired) electrons. The summed E-state index contributed by atoms with van der Waals surface area (Å²) in [5.41, 5.74) is 1.77. The Hall–Kier alpha value is -1.48. The molecule has 0 aliphatic carbocycles. The number of ether oxygens (including phenoxy) is 1. The predicted molar refractivity (Wildman–Crippen MR) is 98.6 cm³/mol. The van der Waals surface area contributed by atoms with E-state index >= 15 is 0 Å². The van der Waals surface area contributed by atoms with Crippen LogP contribution in [-0.4, -0.2) is 55.9 Å². The van der Waals surface area contributed by atoms with Crippen LogP contribution < -0.4 is 4.74 Å². The van der Waals surface area contributed by atoms with Gasteiger partial charge in [-0.15, -0.1) is 11.3 Å². The summed E-state index contributed by atoms with van der Waals surface area (Å²) in [6.45, 7) is 7.00. The van der Waals surface area contributed by atoms with Crippen molar-refractivity contribution >= 4 is 21.4 Å². The maximum atomic E-state index is 12.9. The van der Waals surface area contributed by atoms with E-state index in [4.69, 9.17) is 4.74 Å². The van der Waals surface area contributed by atoms with Crippen molar-refractivity contribution in [1.82, 2.24) is 14.2 Å². The van der Waals surface area contributed by atoms with E-state index in [0.29, 0.717) is 42.4 Å². The van der Waals surface area contributed by atoms with Crippen LogP contribution in [0.4, 0.5) is 0 Å². The Morgan fingerprint density at radius 3 is 2.48 bits per heavy atom. The van der Waals surface area contributed by atoms with Gasteiger partial charge in [0.05, 0.1) is 22.7 Å². The summed E-state index contributed by atoms with van der Waals surface area (Å²) < 4.78 is 32.6. The predicted octanol–water partition coefficient (Wildman–Crippen LogP) is 2.28. The molecule has 0 bridgehead atoms. The number of nitrogens with zero attached hydrogens (tertiary/aromatic N) is 3. The van der Waals surface area contributed by atoms with Crippen LogP contribution in [0, 0.1) is 13.8 Å². The number of piperazine rings is 1. The molecule has 0 unspecified atom stereocenters. The summed E-state index contributed by atoms with van der Waals surface area (Å²) in [5.74, 6) is 0.667. The largest absolute Gasteiger partial charge is 0.497 e. The Balaban J connectivity index is 1.67. The molecule has 2 heterocycles. The molecule has 0 N–H and O–H groups in total. The first-order valence-electron chi connectivity index (χ1n) is 8.18. The van der Waals surface area contributed by atoms with E-state index in [9.17, 15) is 8.42 Å². The quantitative estimate of drug-likeness (QED) is 0.795. The second kappa shape index (κ2) is 7.41. The van der Waals surface area contributed by atoms with Crippen molar-refractivity contribution in [2.75, 3.05) is 33.3 Å². The summed E-state index contributed by atoms with van der Waals surface area (Å²) in [6, 6.07) is 5.09. The van der Waals surface area contributed by atoms with Crippen LogP contribution in [-0.2, 0) is 16.6 Å². The maximum Gasteiger partial charge on any atom is 0.243 e. The fraction of sp³-hybridized carbons (Fsp3) is 0.471. The van der Waals surface area contributed by atoms with Gasteiger partial charge >= 0.3 is 0 Å². The van der Waals surface area contributed by atoms with Gasteiger partial charge in [-0.2, -0.15) is 4.31 Å². The lowest BCUT2D eigenvalue weighted by Crippen LogP contribution is -2.48. The molecule has 0 atom stereocenters. The number of benzene rings is 1. The number of sulfonamides is 1. The monoisotopic (exact) mass is 381 g/mol. The Labute approximate surface area is 153 Å². The molecule has 8 heteroatoms. The number of rotatable bonds is 5. The van der Waals surface area contributed by atoms with Crippen molar-refractivity contribution in [1.29, 1.82) is 0 Å². The van der Waals surface area contributed by atoms with Gasteiger partial charge < -0.3 is 4.74 Å². The SMILES string of the molecule is COc1ccc(S(=O)(=O)N2CCN(Cc3csc(C)n3)CC2)c(C)c1. The molecule has 1 aliphatic rings. The molecular formula is C17H23N3O3S2. The average Bonchev–Trinajstić information content (AvgIpc) is 3.00. The van der Waals surface area contributed by atoms with Crippen LogP contribution >= 0.6 is 11.3 Å². The molecule has 3 rings (SSSR count). The average molecular weight is 382 g/mol. The van der Waals surface area contributed by atoms with Gasteiger partial charge in [0.15, 0.2) is 0 Å². The summed E-state index contributed by atoms with van der Waals surface area (Å²) >= 11 is 1.65. The minimum absolute atomic E-state index is 0.358. The lowest BCUT2D eigenvalue weighted by atomic mass is 10.2. The van der Waals surface area contributed by atoms with Gasteiger partial charge in [-0.25, -0.2) is 13.4 Å². The zero-order valence-electron chi connectivity index (χ0n) is 14.7. The third kappa shape index (κ3) is 4.03. The third-order valence-corrected chi connectivity index (χ3v) is 7.26. The maximum absolute atomic E-state index is 12.9. The summed E-state index contributed by atoms with van der Waals surface area (Å²) in [7, 11) is -1.90. The van der Waals surface area contributed by atoms with Crippen LogP contribution in [0.15, 0.2) is 28.5 Å². The van der Waals surface area contributed by atoms with Crippen molar-refractivity contribution in [2.24, 2.45) is 0 Å². The van der Waals surface area contributed by atoms with Gasteiger partial charge in [-0.05, 0) is 37.6 Å². The Morgan fingerprint density at radius 2 is 1.92 bits per heavy atom. The molecule has 1 aliphatic heterocycles. The standard InChI is InChI=1S/C17H23N3O3S2/c1-13-10-16(23-3)4-5-17(13)25(21,22)20-8-6-19(7-9-20)11-15-12-24-14(2)18-15/h4-5,10,12H,6-9,11H2,1-3H3. The van der Waals surface area contributed by atoms with Crippen LogP contribution in [0.1, 0.15) is 16.3 Å². The highest BCUT2D eigenvalue weighted by atomic mass is 32.2. The second-order valence-electron chi connectivity index (χ2n) is 6.17. The molecule has 0 saturated carbocycles. The van der Waals surface area contributed by atoms with Crippen LogP contribution in [0.5, 0.6) is 5.75 Å². The molecule has 1 fully saturated rings. The number of thiazole rings is 1. The molecule has 1 aromatic heterocycles. The molecule has 2 aromatic rings. The number of hydrogen-bond donors (Lipinski definition) is 0. The highest BCUT2D eigenvalue weighted by Gasteiger charge is 2.29. The lowest BCUT2D eigenvalue weighted by molar-refractivity contribution is 0.180. The van der Waals surface area contributed by atoms with E-state index < -0.39 is 10.0 Å². The molecule has 25 heavy (non-hydrogen) atoms. The Kier molecular flexibility index (Phi) is 5.43. The van der Waals surface area contributed by atoms with E-state index in [2.05, 4.69) is 15.3 Å². The van der Waals surface area contributed by atoms with E-state index in [1.807, 2.05) is 6.92 Å². The minimum Gasteiger partial charge on any atom is -0.497 e. The van der Waals surface area contributed by atoms with Crippen molar-refractivity contribution in [3.05, 3.63) is 39.8 Å². The van der Waals surface area contributed by atoms with Gasteiger partial charge in [-0.1, -0.05) is 0 Å². The molecular weight excluding hydrogens is 358 g/mol. The number of aromatic nitrogens is 1. The molecule has 1 saturated heterocycles. The van der Waals surface area contributed by atoms with Crippen molar-refractivity contribution in [3.8, 4) is 5.75 Å². The summed E-state index contributed by atoms with van der Waals surface area (Å²) in [4.78, 5) is 7.09. The molecule has 6 nitrogen and oxygen atoms in total. The second-order valence-corrected chi connectivity index (χ2v) is 9.14. The van der Waals surface area contributed by atoms with Crippen molar-refractivity contribution < 1.29 is 13.2 Å². The minimum atomic E-state index is -3.47. The number of hydrogen-bond acceptors (Lipinski definition) is 6. The zero-order valence-corrected chi connectivity index (χ0v) is 16.4. The van der Waals surface area contributed by atoms with E-state index in [-0.39, 0.29) is 0 Å². The van der Waals surface area contributed by atoms with E-state index in [0.717, 1.165) is 17.2 Å². The Bertz CT molecular complexity index is 841. The highest BCUT2D eigenvalue weighted by molar-refractivity contribution is 7.89. The zero-order chi connectivity index (χ0) is 18.0. The van der Waals surface area contributed by atoms with Gasteiger partial charge in [-0.3, -0.25) is 4.90 Å². The normalized spacial score (nSPS) is 16.9. The number of aryl methyl sites for hydroxylation is 2. The van der Waals surface area contributed by atoms with Crippen molar-refractivity contribution in [2.45, 2.75) is 25.3 Å². The van der Waals surface area contributed by atoms with Gasteiger partial charge in [0.1, 0.15) is 5.75 Å². The fourth-order valence-corrected chi connectivity index (χ4v) is 5.25. The topological polar surface area (TPSA) is 62.7 Å².